The molecule has 3 N–H and O–H groups in total. The molecule has 0 unspecified atom stereocenters. The molecule has 33 heavy (non-hydrogen) atoms. The van der Waals surface area contributed by atoms with Gasteiger partial charge in [-0.2, -0.15) is 0 Å². The largest absolute Gasteiger partial charge is 0.491 e. The average Bonchev–Trinajstić information content (AvgIpc) is 2.84. The van der Waals surface area contributed by atoms with Crippen molar-refractivity contribution in [3.63, 3.8) is 0 Å². The third kappa shape index (κ3) is 7.38. The highest BCUT2D eigenvalue weighted by Crippen LogP contribution is 2.25. The van der Waals surface area contributed by atoms with E-state index < -0.39 is 0 Å². The Bertz CT molecular complexity index is 1070. The lowest BCUT2D eigenvalue weighted by molar-refractivity contribution is -0.116. The lowest BCUT2D eigenvalue weighted by atomic mass is 10.1. The lowest BCUT2D eigenvalue weighted by Gasteiger charge is -2.15. The van der Waals surface area contributed by atoms with Crippen LogP contribution in [-0.2, 0) is 16.0 Å². The number of rotatable bonds is 11. The van der Waals surface area contributed by atoms with Gasteiger partial charge in [-0.05, 0) is 55.2 Å². The summed E-state index contributed by atoms with van der Waals surface area (Å²) >= 11 is 0. The van der Waals surface area contributed by atoms with Gasteiger partial charge in [-0.1, -0.05) is 55.5 Å². The van der Waals surface area contributed by atoms with E-state index in [4.69, 9.17) is 4.74 Å². The van der Waals surface area contributed by atoms with Crippen LogP contribution in [0.2, 0.25) is 0 Å². The van der Waals surface area contributed by atoms with Crippen molar-refractivity contribution in [3.8, 4) is 5.75 Å². The second-order valence-electron chi connectivity index (χ2n) is 7.72. The molecule has 172 valence electrons. The summed E-state index contributed by atoms with van der Waals surface area (Å²) in [7, 11) is 0. The highest BCUT2D eigenvalue weighted by atomic mass is 16.5. The molecular formula is C27H31N3O3. The fourth-order valence-corrected chi connectivity index (χ4v) is 3.36. The first-order valence-electron chi connectivity index (χ1n) is 11.3. The number of para-hydroxylation sites is 2. The predicted molar refractivity (Wildman–Crippen MR) is 134 cm³/mol. The fourth-order valence-electron chi connectivity index (χ4n) is 3.36. The summed E-state index contributed by atoms with van der Waals surface area (Å²) in [4.78, 5) is 24.3. The van der Waals surface area contributed by atoms with E-state index in [1.54, 1.807) is 13.0 Å². The Kier molecular flexibility index (Phi) is 8.88. The van der Waals surface area contributed by atoms with Crippen molar-refractivity contribution in [2.45, 2.75) is 33.1 Å². The standard InChI is InChI=1S/C27H31N3O3/c1-3-26(31)29-22-15-9-16-23(20(22)2)30-27(32)19-28-24-14-7-8-17-25(24)33-18-10-13-21-11-5-4-6-12-21/h4-9,11-12,14-17,28H,3,10,13,18-19H2,1-2H3,(H,29,31)(H,30,32). The Morgan fingerprint density at radius 3 is 2.15 bits per heavy atom. The van der Waals surface area contributed by atoms with Crippen LogP contribution in [-0.4, -0.2) is 25.0 Å². The average molecular weight is 446 g/mol. The molecule has 0 aliphatic heterocycles. The maximum Gasteiger partial charge on any atom is 0.243 e. The van der Waals surface area contributed by atoms with Crippen molar-refractivity contribution in [2.24, 2.45) is 0 Å². The van der Waals surface area contributed by atoms with E-state index in [0.717, 1.165) is 29.8 Å². The Hall–Kier alpha value is -3.80. The van der Waals surface area contributed by atoms with Gasteiger partial charge in [0.25, 0.3) is 0 Å². The molecule has 0 aliphatic carbocycles. The first kappa shape index (κ1) is 23.9. The minimum absolute atomic E-state index is 0.0661. The number of nitrogens with one attached hydrogen (secondary N) is 3. The highest BCUT2D eigenvalue weighted by Gasteiger charge is 2.10. The Morgan fingerprint density at radius 2 is 1.42 bits per heavy atom. The summed E-state index contributed by atoms with van der Waals surface area (Å²) in [6, 6.07) is 23.4. The summed E-state index contributed by atoms with van der Waals surface area (Å²) in [6.07, 6.45) is 2.26. The molecule has 3 rings (SSSR count). The van der Waals surface area contributed by atoms with Gasteiger partial charge in [0.2, 0.25) is 11.8 Å². The van der Waals surface area contributed by atoms with Gasteiger partial charge in [-0.15, -0.1) is 0 Å². The van der Waals surface area contributed by atoms with Crippen LogP contribution in [0.1, 0.15) is 30.9 Å². The molecule has 6 heteroatoms. The molecule has 3 aromatic carbocycles. The first-order valence-corrected chi connectivity index (χ1v) is 11.3. The number of carbonyl (C=O) groups excluding carboxylic acids is 2. The highest BCUT2D eigenvalue weighted by molar-refractivity contribution is 5.97. The molecule has 0 bridgehead atoms. The van der Waals surface area contributed by atoms with E-state index in [9.17, 15) is 9.59 Å². The fraction of sp³-hybridized carbons (Fsp3) is 0.259. The summed E-state index contributed by atoms with van der Waals surface area (Å²) in [5, 5.41) is 8.92. The number of carbonyl (C=O) groups is 2. The molecule has 0 saturated heterocycles. The molecule has 0 heterocycles. The van der Waals surface area contributed by atoms with Crippen molar-refractivity contribution >= 4 is 28.9 Å². The van der Waals surface area contributed by atoms with E-state index in [0.29, 0.717) is 24.4 Å². The summed E-state index contributed by atoms with van der Waals surface area (Å²) < 4.78 is 5.96. The van der Waals surface area contributed by atoms with Crippen molar-refractivity contribution in [1.82, 2.24) is 0 Å². The van der Waals surface area contributed by atoms with Crippen LogP contribution in [0.3, 0.4) is 0 Å². The zero-order valence-electron chi connectivity index (χ0n) is 19.2. The van der Waals surface area contributed by atoms with Gasteiger partial charge < -0.3 is 20.7 Å². The van der Waals surface area contributed by atoms with E-state index >= 15 is 0 Å². The van der Waals surface area contributed by atoms with E-state index in [1.807, 2.05) is 61.5 Å². The minimum Gasteiger partial charge on any atom is -0.491 e. The molecule has 0 spiro atoms. The van der Waals surface area contributed by atoms with Crippen LogP contribution in [0.4, 0.5) is 17.1 Å². The van der Waals surface area contributed by atoms with Crippen molar-refractivity contribution in [2.75, 3.05) is 29.1 Å². The monoisotopic (exact) mass is 445 g/mol. The summed E-state index contributed by atoms with van der Waals surface area (Å²) in [5.41, 5.74) is 4.24. The molecular weight excluding hydrogens is 414 g/mol. The Labute approximate surface area is 195 Å². The number of hydrogen-bond donors (Lipinski definition) is 3. The zero-order valence-corrected chi connectivity index (χ0v) is 19.2. The van der Waals surface area contributed by atoms with Crippen LogP contribution in [0.15, 0.2) is 72.8 Å². The van der Waals surface area contributed by atoms with Gasteiger partial charge >= 0.3 is 0 Å². The SMILES string of the molecule is CCC(=O)Nc1cccc(NC(=O)CNc2ccccc2OCCCc2ccccc2)c1C. The maximum absolute atomic E-state index is 12.6. The minimum atomic E-state index is -0.184. The molecule has 0 atom stereocenters. The van der Waals surface area contributed by atoms with E-state index in [-0.39, 0.29) is 18.4 Å². The van der Waals surface area contributed by atoms with Gasteiger partial charge in [0.05, 0.1) is 18.8 Å². The lowest BCUT2D eigenvalue weighted by Crippen LogP contribution is -2.22. The Balaban J connectivity index is 1.51. The first-order chi connectivity index (χ1) is 16.1. The van der Waals surface area contributed by atoms with Gasteiger partial charge in [0, 0.05) is 17.8 Å². The van der Waals surface area contributed by atoms with Gasteiger partial charge in [0.15, 0.2) is 0 Å². The number of benzene rings is 3. The topological polar surface area (TPSA) is 79.5 Å². The second kappa shape index (κ2) is 12.3. The van der Waals surface area contributed by atoms with Gasteiger partial charge in [-0.3, -0.25) is 9.59 Å². The quantitative estimate of drug-likeness (QED) is 0.345. The van der Waals surface area contributed by atoms with Crippen molar-refractivity contribution in [1.29, 1.82) is 0 Å². The van der Waals surface area contributed by atoms with Crippen molar-refractivity contribution < 1.29 is 14.3 Å². The molecule has 0 radical (unpaired) electrons. The summed E-state index contributed by atoms with van der Waals surface area (Å²) in [5.74, 6) is 0.471. The zero-order chi connectivity index (χ0) is 23.5. The van der Waals surface area contributed by atoms with Crippen molar-refractivity contribution in [3.05, 3.63) is 83.9 Å². The molecule has 0 saturated carbocycles. The van der Waals surface area contributed by atoms with Gasteiger partial charge in [-0.25, -0.2) is 0 Å². The summed E-state index contributed by atoms with van der Waals surface area (Å²) in [6.45, 7) is 4.35. The molecule has 6 nitrogen and oxygen atoms in total. The number of hydrogen-bond acceptors (Lipinski definition) is 4. The van der Waals surface area contributed by atoms with Crippen LogP contribution in [0.25, 0.3) is 0 Å². The molecule has 3 aromatic rings. The number of ether oxygens (including phenoxy) is 1. The number of anilines is 3. The van der Waals surface area contributed by atoms with Crippen LogP contribution in [0, 0.1) is 6.92 Å². The predicted octanol–water partition coefficient (Wildman–Crippen LogP) is 5.41. The molecule has 2 amide bonds. The second-order valence-corrected chi connectivity index (χ2v) is 7.72. The molecule has 0 aliphatic rings. The third-order valence-electron chi connectivity index (χ3n) is 5.24. The maximum atomic E-state index is 12.6. The van der Waals surface area contributed by atoms with Crippen LogP contribution < -0.4 is 20.7 Å². The van der Waals surface area contributed by atoms with E-state index in [1.165, 1.54) is 5.56 Å². The number of amides is 2. The van der Waals surface area contributed by atoms with E-state index in [2.05, 4.69) is 28.1 Å². The van der Waals surface area contributed by atoms with Crippen LogP contribution >= 0.6 is 0 Å². The number of aryl methyl sites for hydroxylation is 1. The van der Waals surface area contributed by atoms with Crippen LogP contribution in [0.5, 0.6) is 5.75 Å². The Morgan fingerprint density at radius 1 is 0.788 bits per heavy atom. The smallest absolute Gasteiger partial charge is 0.243 e. The normalized spacial score (nSPS) is 10.4. The third-order valence-corrected chi connectivity index (χ3v) is 5.24. The van der Waals surface area contributed by atoms with Gasteiger partial charge in [0.1, 0.15) is 5.75 Å². The molecule has 0 fully saturated rings. The molecule has 0 aromatic heterocycles.